The molecule has 0 spiro atoms. The van der Waals surface area contributed by atoms with E-state index in [0.717, 1.165) is 27.4 Å². The van der Waals surface area contributed by atoms with Crippen LogP contribution in [0.1, 0.15) is 24.5 Å². The minimum atomic E-state index is -0.225. The van der Waals surface area contributed by atoms with E-state index in [9.17, 15) is 9.90 Å². The standard InChI is InChI=1S/C25H28N6O2S/c1-4-18(15-32)27-23(33)14-17-11-12-26-21(13-17)29-25-28-20-9-10-22(30-24(20)34-25)31(3)19-7-5-16(2)6-8-19/h5-13,18,32H,4,14-15H2,1-3H3,(H,27,33)(H,26,28,29). The minimum Gasteiger partial charge on any atom is -0.394 e. The lowest BCUT2D eigenvalue weighted by Crippen LogP contribution is -2.37. The van der Waals surface area contributed by atoms with Crippen LogP contribution in [-0.4, -0.2) is 45.7 Å². The summed E-state index contributed by atoms with van der Waals surface area (Å²) in [5, 5.41) is 16.0. The largest absolute Gasteiger partial charge is 0.394 e. The summed E-state index contributed by atoms with van der Waals surface area (Å²) in [6, 6.07) is 15.6. The molecule has 8 nitrogen and oxygen atoms in total. The molecule has 34 heavy (non-hydrogen) atoms. The molecule has 0 saturated carbocycles. The van der Waals surface area contributed by atoms with Gasteiger partial charge in [-0.15, -0.1) is 0 Å². The summed E-state index contributed by atoms with van der Waals surface area (Å²) < 4.78 is 0. The van der Waals surface area contributed by atoms with Crippen molar-refractivity contribution < 1.29 is 9.90 Å². The highest BCUT2D eigenvalue weighted by molar-refractivity contribution is 7.21. The molecule has 3 heterocycles. The van der Waals surface area contributed by atoms with Crippen molar-refractivity contribution in [1.29, 1.82) is 0 Å². The zero-order chi connectivity index (χ0) is 24.1. The molecule has 0 fully saturated rings. The number of hydrogen-bond acceptors (Lipinski definition) is 8. The molecule has 176 valence electrons. The van der Waals surface area contributed by atoms with Crippen molar-refractivity contribution in [2.75, 3.05) is 23.9 Å². The fourth-order valence-corrected chi connectivity index (χ4v) is 4.29. The van der Waals surface area contributed by atoms with E-state index in [1.54, 1.807) is 12.3 Å². The second-order valence-electron chi connectivity index (χ2n) is 8.11. The number of nitrogens with zero attached hydrogens (tertiary/aromatic N) is 4. The summed E-state index contributed by atoms with van der Waals surface area (Å²) in [7, 11) is 1.99. The van der Waals surface area contributed by atoms with Gasteiger partial charge in [0.1, 0.15) is 22.0 Å². The number of anilines is 4. The zero-order valence-corrected chi connectivity index (χ0v) is 20.3. The highest BCUT2D eigenvalue weighted by Crippen LogP contribution is 2.30. The Morgan fingerprint density at radius 1 is 1.15 bits per heavy atom. The van der Waals surface area contributed by atoms with E-state index in [2.05, 4.69) is 51.8 Å². The topological polar surface area (TPSA) is 103 Å². The Balaban J connectivity index is 1.47. The van der Waals surface area contributed by atoms with Crippen LogP contribution in [0.3, 0.4) is 0 Å². The zero-order valence-electron chi connectivity index (χ0n) is 19.4. The Hall–Kier alpha value is -3.56. The molecular formula is C25H28N6O2S. The minimum absolute atomic E-state index is 0.0699. The lowest BCUT2D eigenvalue weighted by atomic mass is 10.1. The third kappa shape index (κ3) is 5.67. The van der Waals surface area contributed by atoms with Crippen LogP contribution in [0.4, 0.5) is 22.5 Å². The number of nitrogens with one attached hydrogen (secondary N) is 2. The van der Waals surface area contributed by atoms with E-state index < -0.39 is 0 Å². The number of fused-ring (bicyclic) bond motifs is 1. The summed E-state index contributed by atoms with van der Waals surface area (Å²) in [6.45, 7) is 3.92. The fraction of sp³-hybridized carbons (Fsp3) is 0.280. The van der Waals surface area contributed by atoms with Gasteiger partial charge in [-0.2, -0.15) is 0 Å². The Morgan fingerprint density at radius 3 is 2.68 bits per heavy atom. The van der Waals surface area contributed by atoms with Crippen molar-refractivity contribution in [3.63, 3.8) is 0 Å². The van der Waals surface area contributed by atoms with E-state index in [4.69, 9.17) is 4.98 Å². The fourth-order valence-electron chi connectivity index (χ4n) is 3.45. The second kappa shape index (κ2) is 10.6. The van der Waals surface area contributed by atoms with Crippen LogP contribution in [0, 0.1) is 6.92 Å². The van der Waals surface area contributed by atoms with Crippen molar-refractivity contribution in [2.45, 2.75) is 32.7 Å². The van der Waals surface area contributed by atoms with Gasteiger partial charge in [-0.3, -0.25) is 4.79 Å². The lowest BCUT2D eigenvalue weighted by Gasteiger charge is -2.18. The summed E-state index contributed by atoms with van der Waals surface area (Å²) >= 11 is 1.45. The molecule has 3 aromatic heterocycles. The maximum atomic E-state index is 12.2. The number of benzene rings is 1. The van der Waals surface area contributed by atoms with Crippen molar-refractivity contribution in [3.8, 4) is 0 Å². The number of aryl methyl sites for hydroxylation is 1. The highest BCUT2D eigenvalue weighted by atomic mass is 32.1. The molecule has 9 heteroatoms. The maximum absolute atomic E-state index is 12.2. The Bertz CT molecular complexity index is 1270. The third-order valence-electron chi connectivity index (χ3n) is 5.51. The molecule has 1 atom stereocenters. The van der Waals surface area contributed by atoms with Crippen LogP contribution in [0.2, 0.25) is 0 Å². The van der Waals surface area contributed by atoms with Gasteiger partial charge in [0.05, 0.1) is 19.1 Å². The number of aliphatic hydroxyl groups excluding tert-OH is 1. The monoisotopic (exact) mass is 476 g/mol. The van der Waals surface area contributed by atoms with Gasteiger partial charge in [-0.1, -0.05) is 36.0 Å². The van der Waals surface area contributed by atoms with Crippen molar-refractivity contribution in [2.24, 2.45) is 0 Å². The smallest absolute Gasteiger partial charge is 0.224 e. The average molecular weight is 477 g/mol. The number of aliphatic hydroxyl groups is 1. The first-order valence-electron chi connectivity index (χ1n) is 11.2. The molecule has 1 amide bonds. The number of amides is 1. The van der Waals surface area contributed by atoms with E-state index >= 15 is 0 Å². The number of carbonyl (C=O) groups is 1. The van der Waals surface area contributed by atoms with Crippen LogP contribution in [0.5, 0.6) is 0 Å². The first-order chi connectivity index (χ1) is 16.4. The highest BCUT2D eigenvalue weighted by Gasteiger charge is 2.13. The number of thiazole rings is 1. The van der Waals surface area contributed by atoms with Crippen LogP contribution < -0.4 is 15.5 Å². The van der Waals surface area contributed by atoms with Crippen LogP contribution in [0.25, 0.3) is 10.3 Å². The van der Waals surface area contributed by atoms with Gasteiger partial charge in [0, 0.05) is 18.9 Å². The SMILES string of the molecule is CCC(CO)NC(=O)Cc1ccnc(Nc2nc3ccc(N(C)c4ccc(C)cc4)nc3s2)c1. The number of aromatic nitrogens is 3. The van der Waals surface area contributed by atoms with Crippen LogP contribution in [0.15, 0.2) is 54.7 Å². The van der Waals surface area contributed by atoms with Crippen LogP contribution >= 0.6 is 11.3 Å². The van der Waals surface area contributed by atoms with Gasteiger partial charge in [-0.05, 0) is 55.3 Å². The van der Waals surface area contributed by atoms with Gasteiger partial charge < -0.3 is 20.6 Å². The second-order valence-corrected chi connectivity index (χ2v) is 9.09. The van der Waals surface area contributed by atoms with Crippen LogP contribution in [-0.2, 0) is 11.2 Å². The van der Waals surface area contributed by atoms with E-state index in [1.165, 1.54) is 16.9 Å². The third-order valence-corrected chi connectivity index (χ3v) is 6.39. The Kier molecular flexibility index (Phi) is 7.34. The first kappa shape index (κ1) is 23.6. The molecule has 1 unspecified atom stereocenters. The van der Waals surface area contributed by atoms with E-state index in [-0.39, 0.29) is 25.0 Å². The molecule has 0 bridgehead atoms. The number of rotatable bonds is 9. The van der Waals surface area contributed by atoms with Crippen molar-refractivity contribution in [3.05, 3.63) is 65.9 Å². The van der Waals surface area contributed by atoms with Gasteiger partial charge in [-0.25, -0.2) is 15.0 Å². The summed E-state index contributed by atoms with van der Waals surface area (Å²) in [4.78, 5) is 28.9. The van der Waals surface area contributed by atoms with Gasteiger partial charge in [0.15, 0.2) is 5.13 Å². The molecule has 0 aliphatic rings. The normalized spacial score (nSPS) is 11.9. The number of hydrogen-bond donors (Lipinski definition) is 3. The number of carbonyl (C=O) groups excluding carboxylic acids is 1. The van der Waals surface area contributed by atoms with Gasteiger partial charge in [0.25, 0.3) is 0 Å². The average Bonchev–Trinajstić information content (AvgIpc) is 3.24. The van der Waals surface area contributed by atoms with Crippen molar-refractivity contribution >= 4 is 50.0 Å². The molecule has 0 radical (unpaired) electrons. The number of pyridine rings is 2. The Labute approximate surface area is 202 Å². The predicted octanol–water partition coefficient (Wildman–Crippen LogP) is 4.34. The molecule has 0 aliphatic heterocycles. The molecule has 1 aromatic carbocycles. The predicted molar refractivity (Wildman–Crippen MR) is 137 cm³/mol. The van der Waals surface area contributed by atoms with E-state index in [0.29, 0.717) is 17.4 Å². The van der Waals surface area contributed by atoms with E-state index in [1.807, 2.05) is 37.1 Å². The molecule has 3 N–H and O–H groups in total. The summed E-state index contributed by atoms with van der Waals surface area (Å²) in [6.07, 6.45) is 2.55. The Morgan fingerprint density at radius 2 is 1.94 bits per heavy atom. The van der Waals surface area contributed by atoms with Gasteiger partial charge in [0.2, 0.25) is 5.91 Å². The molecule has 4 aromatic rings. The maximum Gasteiger partial charge on any atom is 0.224 e. The van der Waals surface area contributed by atoms with Crippen molar-refractivity contribution in [1.82, 2.24) is 20.3 Å². The molecule has 4 rings (SSSR count). The quantitative estimate of drug-likeness (QED) is 0.330. The summed E-state index contributed by atoms with van der Waals surface area (Å²) in [5.41, 5.74) is 3.91. The lowest BCUT2D eigenvalue weighted by molar-refractivity contribution is -0.121. The first-order valence-corrected chi connectivity index (χ1v) is 12.0. The molecule has 0 saturated heterocycles. The molecule has 0 aliphatic carbocycles. The van der Waals surface area contributed by atoms with Gasteiger partial charge >= 0.3 is 0 Å². The summed E-state index contributed by atoms with van der Waals surface area (Å²) in [5.74, 6) is 1.31. The molecular weight excluding hydrogens is 448 g/mol.